The first-order valence-corrected chi connectivity index (χ1v) is 3.93. The first-order valence-electron chi connectivity index (χ1n) is 3.93. The van der Waals surface area contributed by atoms with Gasteiger partial charge in [0.25, 0.3) is 0 Å². The molecule has 2 nitrogen and oxygen atoms in total. The Morgan fingerprint density at radius 2 is 2.27 bits per heavy atom. The summed E-state index contributed by atoms with van der Waals surface area (Å²) in [6.07, 6.45) is 4.19. The molecule has 0 bridgehead atoms. The van der Waals surface area contributed by atoms with E-state index < -0.39 is 0 Å². The molecular weight excluding hydrogens is 136 g/mol. The summed E-state index contributed by atoms with van der Waals surface area (Å²) >= 11 is 0. The van der Waals surface area contributed by atoms with E-state index in [0.717, 1.165) is 0 Å². The lowest BCUT2D eigenvalue weighted by atomic mass is 10.2. The van der Waals surface area contributed by atoms with Gasteiger partial charge in [-0.3, -0.25) is 0 Å². The van der Waals surface area contributed by atoms with Crippen LogP contribution in [0.3, 0.4) is 0 Å². The molecule has 0 fully saturated rings. The smallest absolute Gasteiger partial charge is 0.114 e. The first kappa shape index (κ1) is 6.53. The molecule has 0 aliphatic rings. The molecule has 1 N–H and O–H groups in total. The van der Waals surface area contributed by atoms with Gasteiger partial charge >= 0.3 is 0 Å². The Hall–Kier alpha value is -1.18. The second-order valence-corrected chi connectivity index (χ2v) is 3.16. The third-order valence-electron chi connectivity index (χ3n) is 1.95. The molecule has 0 saturated carbocycles. The third kappa shape index (κ3) is 0.946. The van der Waals surface area contributed by atoms with Crippen LogP contribution in [0.1, 0.15) is 25.5 Å². The molecule has 2 heterocycles. The molecule has 2 heteroatoms. The highest BCUT2D eigenvalue weighted by atomic mass is 15.0. The highest BCUT2D eigenvalue weighted by Gasteiger charge is 2.02. The fourth-order valence-corrected chi connectivity index (χ4v) is 1.24. The molecule has 0 aromatic carbocycles. The Labute approximate surface area is 65.9 Å². The average molecular weight is 148 g/mol. The van der Waals surface area contributed by atoms with Gasteiger partial charge in [0, 0.05) is 18.1 Å². The summed E-state index contributed by atoms with van der Waals surface area (Å²) in [5.41, 5.74) is 2.47. The van der Waals surface area contributed by atoms with Crippen LogP contribution in [0, 0.1) is 0 Å². The van der Waals surface area contributed by atoms with Crippen molar-refractivity contribution in [3.05, 3.63) is 30.2 Å². The second-order valence-electron chi connectivity index (χ2n) is 3.16. The van der Waals surface area contributed by atoms with Gasteiger partial charge in [-0.2, -0.15) is 0 Å². The van der Waals surface area contributed by atoms with Crippen LogP contribution in [0.5, 0.6) is 0 Å². The van der Waals surface area contributed by atoms with Crippen LogP contribution in [-0.4, -0.2) is 9.38 Å². The number of nitrogens with zero attached hydrogens (tertiary/aromatic N) is 1. The lowest BCUT2D eigenvalue weighted by Crippen LogP contribution is -1.84. The molecule has 0 amide bonds. The zero-order chi connectivity index (χ0) is 7.84. The Morgan fingerprint density at radius 1 is 1.45 bits per heavy atom. The van der Waals surface area contributed by atoms with Gasteiger partial charge in [0.05, 0.1) is 0 Å². The largest absolute Gasteiger partial charge is 0.343 e. The van der Waals surface area contributed by atoms with Crippen molar-refractivity contribution in [2.24, 2.45) is 0 Å². The van der Waals surface area contributed by atoms with Gasteiger partial charge in [0.15, 0.2) is 0 Å². The van der Waals surface area contributed by atoms with E-state index in [9.17, 15) is 0 Å². The highest BCUT2D eigenvalue weighted by molar-refractivity contribution is 5.41. The van der Waals surface area contributed by atoms with Crippen molar-refractivity contribution in [3.8, 4) is 0 Å². The molecule has 11 heavy (non-hydrogen) atoms. The van der Waals surface area contributed by atoms with E-state index in [0.29, 0.717) is 5.92 Å². The first-order chi connectivity index (χ1) is 5.27. The van der Waals surface area contributed by atoms with Gasteiger partial charge < -0.3 is 9.38 Å². The monoisotopic (exact) mass is 148 g/mol. The van der Waals surface area contributed by atoms with Gasteiger partial charge in [0.1, 0.15) is 5.65 Å². The number of rotatable bonds is 1. The average Bonchev–Trinajstić information content (AvgIpc) is 2.40. The van der Waals surface area contributed by atoms with Gasteiger partial charge in [0.2, 0.25) is 0 Å². The SMILES string of the molecule is CC(C)c1cn2cccc2[nH]1. The standard InChI is InChI=1S/C9H12N2/c1-7(2)8-6-11-5-3-4-9(11)10-8/h3-7,10H,1-2H3. The van der Waals surface area contributed by atoms with Gasteiger partial charge in [-0.1, -0.05) is 13.8 Å². The van der Waals surface area contributed by atoms with Crippen LogP contribution < -0.4 is 0 Å². The van der Waals surface area contributed by atoms with E-state index in [1.807, 2.05) is 6.07 Å². The fourth-order valence-electron chi connectivity index (χ4n) is 1.24. The molecule has 0 atom stereocenters. The van der Waals surface area contributed by atoms with E-state index in [-0.39, 0.29) is 0 Å². The zero-order valence-corrected chi connectivity index (χ0v) is 6.83. The van der Waals surface area contributed by atoms with Crippen LogP contribution >= 0.6 is 0 Å². The molecular formula is C9H12N2. The van der Waals surface area contributed by atoms with Crippen LogP contribution in [0.4, 0.5) is 0 Å². The van der Waals surface area contributed by atoms with Crippen molar-refractivity contribution in [3.63, 3.8) is 0 Å². The number of aromatic nitrogens is 2. The summed E-state index contributed by atoms with van der Waals surface area (Å²) in [7, 11) is 0. The molecule has 0 spiro atoms. The van der Waals surface area contributed by atoms with Crippen molar-refractivity contribution in [2.75, 3.05) is 0 Å². The van der Waals surface area contributed by atoms with Crippen molar-refractivity contribution in [2.45, 2.75) is 19.8 Å². The van der Waals surface area contributed by atoms with Crippen molar-refractivity contribution >= 4 is 5.65 Å². The molecule has 0 aliphatic heterocycles. The van der Waals surface area contributed by atoms with Gasteiger partial charge in [-0.05, 0) is 18.1 Å². The number of H-pyrrole nitrogens is 1. The van der Waals surface area contributed by atoms with Crippen LogP contribution in [0.25, 0.3) is 5.65 Å². The molecule has 0 radical (unpaired) electrons. The molecule has 2 aromatic heterocycles. The Balaban J connectivity index is 2.58. The molecule has 58 valence electrons. The lowest BCUT2D eigenvalue weighted by Gasteiger charge is -1.96. The summed E-state index contributed by atoms with van der Waals surface area (Å²) in [5.74, 6) is 0.579. The minimum absolute atomic E-state index is 0.579. The number of nitrogens with one attached hydrogen (secondary N) is 1. The molecule has 2 aromatic rings. The van der Waals surface area contributed by atoms with Crippen molar-refractivity contribution in [1.82, 2.24) is 9.38 Å². The van der Waals surface area contributed by atoms with Crippen molar-refractivity contribution < 1.29 is 0 Å². The number of hydrogen-bond donors (Lipinski definition) is 1. The lowest BCUT2D eigenvalue weighted by molar-refractivity contribution is 0.833. The predicted molar refractivity (Wildman–Crippen MR) is 45.8 cm³/mol. The molecule has 0 unspecified atom stereocenters. The second kappa shape index (κ2) is 2.16. The molecule has 2 rings (SSSR count). The highest BCUT2D eigenvalue weighted by Crippen LogP contribution is 2.14. The maximum atomic E-state index is 3.34. The Kier molecular flexibility index (Phi) is 1.28. The molecule has 0 saturated heterocycles. The van der Waals surface area contributed by atoms with E-state index in [4.69, 9.17) is 0 Å². The predicted octanol–water partition coefficient (Wildman–Crippen LogP) is 2.39. The maximum absolute atomic E-state index is 3.34. The number of aromatic amines is 1. The summed E-state index contributed by atoms with van der Waals surface area (Å²) in [4.78, 5) is 3.34. The van der Waals surface area contributed by atoms with Crippen LogP contribution in [0.15, 0.2) is 24.5 Å². The minimum atomic E-state index is 0.579. The topological polar surface area (TPSA) is 20.2 Å². The van der Waals surface area contributed by atoms with E-state index in [2.05, 4.69) is 41.7 Å². The summed E-state index contributed by atoms with van der Waals surface area (Å²) < 4.78 is 2.11. The van der Waals surface area contributed by atoms with E-state index in [1.54, 1.807) is 0 Å². The van der Waals surface area contributed by atoms with E-state index >= 15 is 0 Å². The maximum Gasteiger partial charge on any atom is 0.114 e. The summed E-state index contributed by atoms with van der Waals surface area (Å²) in [6, 6.07) is 4.11. The van der Waals surface area contributed by atoms with Gasteiger partial charge in [-0.15, -0.1) is 0 Å². The summed E-state index contributed by atoms with van der Waals surface area (Å²) in [6.45, 7) is 4.37. The molecule has 0 aliphatic carbocycles. The number of hydrogen-bond acceptors (Lipinski definition) is 0. The Morgan fingerprint density at radius 3 is 2.91 bits per heavy atom. The third-order valence-corrected chi connectivity index (χ3v) is 1.95. The fraction of sp³-hybridized carbons (Fsp3) is 0.333. The Bertz CT molecular complexity index is 326. The van der Waals surface area contributed by atoms with Gasteiger partial charge in [-0.25, -0.2) is 0 Å². The van der Waals surface area contributed by atoms with Crippen LogP contribution in [-0.2, 0) is 0 Å². The zero-order valence-electron chi connectivity index (χ0n) is 6.83. The van der Waals surface area contributed by atoms with E-state index in [1.165, 1.54) is 11.3 Å². The number of imidazole rings is 1. The normalized spacial score (nSPS) is 11.5. The number of fused-ring (bicyclic) bond motifs is 1. The quantitative estimate of drug-likeness (QED) is 0.641. The summed E-state index contributed by atoms with van der Waals surface area (Å²) in [5, 5.41) is 0. The minimum Gasteiger partial charge on any atom is -0.343 e. The van der Waals surface area contributed by atoms with Crippen LogP contribution in [0.2, 0.25) is 0 Å². The van der Waals surface area contributed by atoms with Crippen molar-refractivity contribution in [1.29, 1.82) is 0 Å².